The Morgan fingerprint density at radius 3 is 2.51 bits per heavy atom. The van der Waals surface area contributed by atoms with Crippen LogP contribution in [0.5, 0.6) is 0 Å². The number of hydrogen-bond donors (Lipinski definition) is 2. The van der Waals surface area contributed by atoms with Gasteiger partial charge >= 0.3 is 5.69 Å². The summed E-state index contributed by atoms with van der Waals surface area (Å²) in [4.78, 5) is 52.2. The quantitative estimate of drug-likeness (QED) is 0.399. The lowest BCUT2D eigenvalue weighted by atomic mass is 10.1. The summed E-state index contributed by atoms with van der Waals surface area (Å²) in [5.41, 5.74) is 0.00519. The third-order valence-corrected chi connectivity index (χ3v) is 6.60. The van der Waals surface area contributed by atoms with Gasteiger partial charge in [0.2, 0.25) is 11.7 Å². The maximum atomic E-state index is 13.4. The number of nitrogens with zero attached hydrogens (tertiary/aromatic N) is 4. The van der Waals surface area contributed by atoms with Crippen LogP contribution in [0.25, 0.3) is 16.7 Å². The van der Waals surface area contributed by atoms with Gasteiger partial charge in [-0.25, -0.2) is 18.3 Å². The molecule has 37 heavy (non-hydrogen) atoms. The second-order valence-electron chi connectivity index (χ2n) is 9.27. The molecule has 2 aromatic heterocycles. The summed E-state index contributed by atoms with van der Waals surface area (Å²) in [6.07, 6.45) is 4.62. The van der Waals surface area contributed by atoms with Crippen molar-refractivity contribution in [3.8, 4) is 0 Å². The molecule has 0 unspecified atom stereocenters. The van der Waals surface area contributed by atoms with Gasteiger partial charge in [-0.1, -0.05) is 19.8 Å². The van der Waals surface area contributed by atoms with Gasteiger partial charge in [0.15, 0.2) is 0 Å². The molecule has 5 rings (SSSR count). The molecule has 0 atom stereocenters. The minimum absolute atomic E-state index is 0.0901. The topological polar surface area (TPSA) is 120 Å². The molecule has 0 saturated heterocycles. The summed E-state index contributed by atoms with van der Waals surface area (Å²) in [7, 11) is 0. The number of hydrogen-bond acceptors (Lipinski definition) is 5. The SMILES string of the molecule is CCCn1c(=O)c2ccc(C(=O)NC3CCCC3)cc2n2c(=O)n(CC(=O)Nc3ccc(F)cc3)nc12. The summed E-state index contributed by atoms with van der Waals surface area (Å²) < 4.78 is 16.8. The lowest BCUT2D eigenvalue weighted by molar-refractivity contribution is -0.117. The molecule has 2 amide bonds. The van der Waals surface area contributed by atoms with Crippen molar-refractivity contribution < 1.29 is 14.0 Å². The third-order valence-electron chi connectivity index (χ3n) is 6.60. The van der Waals surface area contributed by atoms with Gasteiger partial charge in [0.25, 0.3) is 11.5 Å². The van der Waals surface area contributed by atoms with Crippen LogP contribution in [0.1, 0.15) is 49.4 Å². The van der Waals surface area contributed by atoms with Gasteiger partial charge in [-0.3, -0.25) is 19.0 Å². The molecule has 4 aromatic rings. The van der Waals surface area contributed by atoms with E-state index >= 15 is 0 Å². The van der Waals surface area contributed by atoms with Crippen molar-refractivity contribution in [2.75, 3.05) is 5.32 Å². The summed E-state index contributed by atoms with van der Waals surface area (Å²) in [6, 6.07) is 10.0. The molecule has 0 spiro atoms. The van der Waals surface area contributed by atoms with Crippen molar-refractivity contribution >= 4 is 34.2 Å². The normalized spacial score (nSPS) is 13.9. The van der Waals surface area contributed by atoms with Crippen LogP contribution in [0.2, 0.25) is 0 Å². The summed E-state index contributed by atoms with van der Waals surface area (Å²) in [5, 5.41) is 10.2. The average Bonchev–Trinajstić information content (AvgIpc) is 3.50. The molecule has 1 saturated carbocycles. The first-order valence-electron chi connectivity index (χ1n) is 12.4. The van der Waals surface area contributed by atoms with Crippen LogP contribution in [-0.2, 0) is 17.9 Å². The van der Waals surface area contributed by atoms with E-state index in [1.54, 1.807) is 12.1 Å². The fourth-order valence-electron chi connectivity index (χ4n) is 4.79. The minimum atomic E-state index is -0.618. The minimum Gasteiger partial charge on any atom is -0.349 e. The number of carbonyl (C=O) groups is 2. The zero-order valence-corrected chi connectivity index (χ0v) is 20.4. The Morgan fingerprint density at radius 1 is 1.08 bits per heavy atom. The fraction of sp³-hybridized carbons (Fsp3) is 0.346. The molecule has 0 bridgehead atoms. The zero-order chi connectivity index (χ0) is 26.1. The van der Waals surface area contributed by atoms with Crippen LogP contribution in [0, 0.1) is 5.82 Å². The number of halogens is 1. The highest BCUT2D eigenvalue weighted by atomic mass is 19.1. The van der Waals surface area contributed by atoms with E-state index in [-0.39, 0.29) is 34.2 Å². The van der Waals surface area contributed by atoms with E-state index in [1.807, 2.05) is 6.92 Å². The van der Waals surface area contributed by atoms with Gasteiger partial charge in [-0.05, 0) is 61.7 Å². The molecule has 2 heterocycles. The van der Waals surface area contributed by atoms with Crippen LogP contribution in [0.3, 0.4) is 0 Å². The Hall–Kier alpha value is -4.28. The predicted molar refractivity (Wildman–Crippen MR) is 136 cm³/mol. The van der Waals surface area contributed by atoms with E-state index in [9.17, 15) is 23.6 Å². The first-order chi connectivity index (χ1) is 17.9. The van der Waals surface area contributed by atoms with Crippen molar-refractivity contribution in [2.45, 2.75) is 58.2 Å². The molecule has 10 nitrogen and oxygen atoms in total. The van der Waals surface area contributed by atoms with Crippen molar-refractivity contribution in [3.05, 3.63) is 74.7 Å². The number of aromatic nitrogens is 4. The second-order valence-corrected chi connectivity index (χ2v) is 9.27. The van der Waals surface area contributed by atoms with Gasteiger partial charge in [-0.2, -0.15) is 0 Å². The largest absolute Gasteiger partial charge is 0.352 e. The van der Waals surface area contributed by atoms with Gasteiger partial charge in [0.05, 0.1) is 10.9 Å². The van der Waals surface area contributed by atoms with Crippen molar-refractivity contribution in [1.29, 1.82) is 0 Å². The second kappa shape index (κ2) is 10.00. The number of rotatable bonds is 7. The van der Waals surface area contributed by atoms with E-state index in [4.69, 9.17) is 0 Å². The molecule has 11 heteroatoms. The van der Waals surface area contributed by atoms with Gasteiger partial charge in [0, 0.05) is 23.8 Å². The Balaban J connectivity index is 1.56. The van der Waals surface area contributed by atoms with E-state index in [0.29, 0.717) is 24.2 Å². The highest BCUT2D eigenvalue weighted by molar-refractivity contribution is 5.98. The number of fused-ring (bicyclic) bond motifs is 3. The maximum absolute atomic E-state index is 13.4. The van der Waals surface area contributed by atoms with Crippen molar-refractivity contribution in [2.24, 2.45) is 0 Å². The first-order valence-corrected chi connectivity index (χ1v) is 12.4. The molecular formula is C26H27FN6O4. The van der Waals surface area contributed by atoms with E-state index in [1.165, 1.54) is 39.3 Å². The molecule has 2 N–H and O–H groups in total. The Kier molecular flexibility index (Phi) is 6.60. The third kappa shape index (κ3) is 4.76. The summed E-state index contributed by atoms with van der Waals surface area (Å²) in [6.45, 7) is 1.80. The number of nitrogens with one attached hydrogen (secondary N) is 2. The number of benzene rings is 2. The molecule has 1 aliphatic rings. The van der Waals surface area contributed by atoms with E-state index in [0.717, 1.165) is 30.4 Å². The number of carbonyl (C=O) groups excluding carboxylic acids is 2. The smallest absolute Gasteiger partial charge is 0.349 e. The van der Waals surface area contributed by atoms with Crippen LogP contribution in [0.4, 0.5) is 10.1 Å². The molecular weight excluding hydrogens is 479 g/mol. The molecule has 0 radical (unpaired) electrons. The Morgan fingerprint density at radius 2 is 1.81 bits per heavy atom. The molecule has 192 valence electrons. The van der Waals surface area contributed by atoms with Crippen molar-refractivity contribution in [1.82, 2.24) is 24.1 Å². The van der Waals surface area contributed by atoms with E-state index < -0.39 is 24.0 Å². The monoisotopic (exact) mass is 506 g/mol. The van der Waals surface area contributed by atoms with Crippen LogP contribution >= 0.6 is 0 Å². The predicted octanol–water partition coefficient (Wildman–Crippen LogP) is 2.67. The molecule has 1 aliphatic carbocycles. The number of aryl methyl sites for hydroxylation is 1. The van der Waals surface area contributed by atoms with Crippen LogP contribution < -0.4 is 21.9 Å². The summed E-state index contributed by atoms with van der Waals surface area (Å²) in [5.74, 6) is -1.15. The molecule has 1 fully saturated rings. The van der Waals surface area contributed by atoms with Crippen LogP contribution in [0.15, 0.2) is 52.1 Å². The standard InChI is InChI=1S/C26H27FN6O4/c1-2-13-31-24(36)20-12-7-16(23(35)29-18-5-3-4-6-18)14-21(20)33-25(31)30-32(26(33)37)15-22(34)28-19-10-8-17(27)9-11-19/h7-12,14,18H,2-6,13,15H2,1H3,(H,28,34)(H,29,35). The zero-order valence-electron chi connectivity index (χ0n) is 20.4. The van der Waals surface area contributed by atoms with Crippen LogP contribution in [-0.4, -0.2) is 36.6 Å². The Bertz CT molecular complexity index is 1610. The molecule has 0 aliphatic heterocycles. The van der Waals surface area contributed by atoms with Crippen molar-refractivity contribution in [3.63, 3.8) is 0 Å². The number of amides is 2. The summed E-state index contributed by atoms with van der Waals surface area (Å²) >= 11 is 0. The highest BCUT2D eigenvalue weighted by Crippen LogP contribution is 2.19. The van der Waals surface area contributed by atoms with Gasteiger partial charge in [-0.15, -0.1) is 5.10 Å². The highest BCUT2D eigenvalue weighted by Gasteiger charge is 2.22. The maximum Gasteiger partial charge on any atom is 0.352 e. The number of anilines is 1. The first kappa shape index (κ1) is 24.4. The lowest BCUT2D eigenvalue weighted by Gasteiger charge is -2.13. The van der Waals surface area contributed by atoms with Gasteiger partial charge < -0.3 is 10.6 Å². The lowest BCUT2D eigenvalue weighted by Crippen LogP contribution is -2.33. The van der Waals surface area contributed by atoms with E-state index in [2.05, 4.69) is 15.7 Å². The fourth-order valence-corrected chi connectivity index (χ4v) is 4.79. The average molecular weight is 507 g/mol. The van der Waals surface area contributed by atoms with Gasteiger partial charge in [0.1, 0.15) is 12.4 Å². The Labute approximate surface area is 210 Å². The molecule has 2 aromatic carbocycles.